The predicted molar refractivity (Wildman–Crippen MR) is 46.6 cm³/mol. The van der Waals surface area contributed by atoms with Gasteiger partial charge in [0.25, 0.3) is 0 Å². The first kappa shape index (κ1) is 9.28. The van der Waals surface area contributed by atoms with Gasteiger partial charge in [0.05, 0.1) is 0 Å². The molecule has 1 heterocycles. The molecule has 70 valence electrons. The summed E-state index contributed by atoms with van der Waals surface area (Å²) >= 11 is 0. The lowest BCUT2D eigenvalue weighted by molar-refractivity contribution is 0.246. The van der Waals surface area contributed by atoms with Gasteiger partial charge in [-0.25, -0.2) is 4.79 Å². The zero-order chi connectivity index (χ0) is 8.97. The number of nitrogens with one attached hydrogen (secondary N) is 1. The Bertz CT molecular complexity index is 161. The largest absolute Gasteiger partial charge is 0.352 e. The second-order valence-corrected chi connectivity index (χ2v) is 3.14. The number of hydrogen-bond donors (Lipinski definition) is 3. The first-order valence-electron chi connectivity index (χ1n) is 4.19. The highest BCUT2D eigenvalue weighted by molar-refractivity contribution is 5.71. The van der Waals surface area contributed by atoms with Crippen molar-refractivity contribution in [2.75, 3.05) is 26.2 Å². The van der Waals surface area contributed by atoms with Crippen LogP contribution in [0.2, 0.25) is 0 Å². The molecule has 0 saturated carbocycles. The van der Waals surface area contributed by atoms with E-state index in [0.29, 0.717) is 12.6 Å². The third kappa shape index (κ3) is 3.06. The first-order valence-corrected chi connectivity index (χ1v) is 4.19. The molecular formula is C7H16N4O. The maximum absolute atomic E-state index is 10.3. The van der Waals surface area contributed by atoms with Crippen molar-refractivity contribution in [1.82, 2.24) is 10.2 Å². The monoisotopic (exact) mass is 172 g/mol. The minimum absolute atomic E-state index is 0.304. The number of likely N-dealkylation sites (tertiary alicyclic amines) is 1. The molecule has 0 radical (unpaired) electrons. The Morgan fingerprint density at radius 2 is 2.42 bits per heavy atom. The fourth-order valence-electron chi connectivity index (χ4n) is 1.40. The molecule has 1 rings (SSSR count). The molecule has 2 amide bonds. The third-order valence-electron chi connectivity index (χ3n) is 2.04. The highest BCUT2D eigenvalue weighted by Gasteiger charge is 2.17. The first-order chi connectivity index (χ1) is 5.68. The van der Waals surface area contributed by atoms with Gasteiger partial charge in [0.2, 0.25) is 0 Å². The van der Waals surface area contributed by atoms with Crippen LogP contribution in [0, 0.1) is 0 Å². The average molecular weight is 172 g/mol. The van der Waals surface area contributed by atoms with Gasteiger partial charge in [-0.2, -0.15) is 0 Å². The molecule has 0 aromatic carbocycles. The maximum Gasteiger partial charge on any atom is 0.312 e. The van der Waals surface area contributed by atoms with Crippen LogP contribution in [0.1, 0.15) is 6.42 Å². The van der Waals surface area contributed by atoms with Crippen molar-refractivity contribution in [1.29, 1.82) is 0 Å². The van der Waals surface area contributed by atoms with Gasteiger partial charge in [-0.05, 0) is 13.0 Å². The second-order valence-electron chi connectivity index (χ2n) is 3.14. The summed E-state index contributed by atoms with van der Waals surface area (Å²) in [5.74, 6) is 0. The summed E-state index contributed by atoms with van der Waals surface area (Å²) in [7, 11) is 0. The van der Waals surface area contributed by atoms with E-state index in [9.17, 15) is 4.79 Å². The lowest BCUT2D eigenvalue weighted by Gasteiger charge is -2.14. The van der Waals surface area contributed by atoms with Crippen LogP contribution >= 0.6 is 0 Å². The van der Waals surface area contributed by atoms with Gasteiger partial charge >= 0.3 is 6.03 Å². The molecule has 5 heteroatoms. The molecule has 1 fully saturated rings. The molecule has 1 saturated heterocycles. The number of hydrogen-bond acceptors (Lipinski definition) is 3. The number of amides is 2. The number of carbonyl (C=O) groups excluding carboxylic acids is 1. The summed E-state index contributed by atoms with van der Waals surface area (Å²) in [6, 6.07) is -0.155. The standard InChI is InChI=1S/C7H16N4O/c8-6-1-3-11(5-6)4-2-10-7(9)12/h6H,1-5,8H2,(H3,9,10,12). The Morgan fingerprint density at radius 1 is 1.67 bits per heavy atom. The average Bonchev–Trinajstić information content (AvgIpc) is 2.35. The minimum Gasteiger partial charge on any atom is -0.352 e. The van der Waals surface area contributed by atoms with E-state index >= 15 is 0 Å². The molecule has 0 aromatic rings. The van der Waals surface area contributed by atoms with Gasteiger partial charge in [0, 0.05) is 25.7 Å². The molecule has 12 heavy (non-hydrogen) atoms. The molecule has 1 atom stereocenters. The molecule has 5 N–H and O–H groups in total. The summed E-state index contributed by atoms with van der Waals surface area (Å²) in [6.45, 7) is 3.42. The van der Waals surface area contributed by atoms with E-state index in [4.69, 9.17) is 11.5 Å². The van der Waals surface area contributed by atoms with Crippen molar-refractivity contribution < 1.29 is 4.79 Å². The van der Waals surface area contributed by atoms with Gasteiger partial charge in [-0.15, -0.1) is 0 Å². The van der Waals surface area contributed by atoms with Crippen LogP contribution in [0.4, 0.5) is 4.79 Å². The van der Waals surface area contributed by atoms with E-state index in [2.05, 4.69) is 10.2 Å². The molecule has 0 aliphatic carbocycles. The molecule has 0 bridgehead atoms. The van der Waals surface area contributed by atoms with Crippen molar-refractivity contribution in [3.63, 3.8) is 0 Å². The van der Waals surface area contributed by atoms with E-state index in [0.717, 1.165) is 26.1 Å². The minimum atomic E-state index is -0.460. The molecular weight excluding hydrogens is 156 g/mol. The fourth-order valence-corrected chi connectivity index (χ4v) is 1.40. The zero-order valence-corrected chi connectivity index (χ0v) is 7.12. The Balaban J connectivity index is 2.04. The predicted octanol–water partition coefficient (Wildman–Crippen LogP) is -1.31. The summed E-state index contributed by atoms with van der Waals surface area (Å²) in [6.07, 6.45) is 1.05. The van der Waals surface area contributed by atoms with E-state index in [-0.39, 0.29) is 0 Å². The van der Waals surface area contributed by atoms with Crippen LogP contribution in [-0.2, 0) is 0 Å². The number of carbonyl (C=O) groups is 1. The van der Waals surface area contributed by atoms with Gasteiger partial charge < -0.3 is 16.8 Å². The van der Waals surface area contributed by atoms with Crippen molar-refractivity contribution in [2.45, 2.75) is 12.5 Å². The molecule has 0 spiro atoms. The lowest BCUT2D eigenvalue weighted by atomic mass is 10.3. The number of urea groups is 1. The summed E-state index contributed by atoms with van der Waals surface area (Å²) in [5, 5.41) is 2.54. The van der Waals surface area contributed by atoms with E-state index in [1.54, 1.807) is 0 Å². The SMILES string of the molecule is NC(=O)NCCN1CCC(N)C1. The quantitative estimate of drug-likeness (QED) is 0.494. The van der Waals surface area contributed by atoms with Crippen LogP contribution in [0.15, 0.2) is 0 Å². The van der Waals surface area contributed by atoms with Crippen LogP contribution in [0.25, 0.3) is 0 Å². The van der Waals surface area contributed by atoms with Crippen molar-refractivity contribution in [3.05, 3.63) is 0 Å². The Morgan fingerprint density at radius 3 is 2.92 bits per heavy atom. The normalized spacial score (nSPS) is 24.2. The van der Waals surface area contributed by atoms with Gasteiger partial charge in [0.15, 0.2) is 0 Å². The topological polar surface area (TPSA) is 84.4 Å². The van der Waals surface area contributed by atoms with E-state index < -0.39 is 6.03 Å². The molecule has 5 nitrogen and oxygen atoms in total. The van der Waals surface area contributed by atoms with Crippen molar-refractivity contribution in [2.24, 2.45) is 11.5 Å². The van der Waals surface area contributed by atoms with Gasteiger partial charge in [-0.3, -0.25) is 4.90 Å². The van der Waals surface area contributed by atoms with Crippen LogP contribution in [0.5, 0.6) is 0 Å². The zero-order valence-electron chi connectivity index (χ0n) is 7.12. The smallest absolute Gasteiger partial charge is 0.312 e. The fraction of sp³-hybridized carbons (Fsp3) is 0.857. The van der Waals surface area contributed by atoms with Crippen LogP contribution in [-0.4, -0.2) is 43.2 Å². The number of nitrogens with zero attached hydrogens (tertiary/aromatic N) is 1. The lowest BCUT2D eigenvalue weighted by Crippen LogP contribution is -2.37. The molecule has 1 aliphatic heterocycles. The molecule has 0 aromatic heterocycles. The maximum atomic E-state index is 10.3. The van der Waals surface area contributed by atoms with Crippen LogP contribution in [0.3, 0.4) is 0 Å². The highest BCUT2D eigenvalue weighted by atomic mass is 16.2. The Hall–Kier alpha value is -0.810. The summed E-state index contributed by atoms with van der Waals surface area (Å²) < 4.78 is 0. The van der Waals surface area contributed by atoms with Crippen LogP contribution < -0.4 is 16.8 Å². The third-order valence-corrected chi connectivity index (χ3v) is 2.04. The molecule has 1 unspecified atom stereocenters. The number of primary amides is 1. The number of rotatable bonds is 3. The summed E-state index contributed by atoms with van der Waals surface area (Å²) in [4.78, 5) is 12.5. The number of nitrogens with two attached hydrogens (primary N) is 2. The van der Waals surface area contributed by atoms with Gasteiger partial charge in [0.1, 0.15) is 0 Å². The molecule has 1 aliphatic rings. The Labute approximate surface area is 72.1 Å². The van der Waals surface area contributed by atoms with Gasteiger partial charge in [-0.1, -0.05) is 0 Å². The van der Waals surface area contributed by atoms with E-state index in [1.807, 2.05) is 0 Å². The highest BCUT2D eigenvalue weighted by Crippen LogP contribution is 2.04. The Kier molecular flexibility index (Phi) is 3.31. The summed E-state index contributed by atoms with van der Waals surface area (Å²) in [5.41, 5.74) is 10.6. The van der Waals surface area contributed by atoms with E-state index in [1.165, 1.54) is 0 Å². The second kappa shape index (κ2) is 4.27. The van der Waals surface area contributed by atoms with Crippen molar-refractivity contribution >= 4 is 6.03 Å². The van der Waals surface area contributed by atoms with Crippen molar-refractivity contribution in [3.8, 4) is 0 Å².